The minimum Gasteiger partial charge on any atom is -0.270 e. The molecule has 0 aliphatic heterocycles. The first-order chi connectivity index (χ1) is 9.22. The van der Waals surface area contributed by atoms with E-state index in [9.17, 15) is 13.2 Å². The number of benzene rings is 1. The summed E-state index contributed by atoms with van der Waals surface area (Å²) in [6.45, 7) is 3.47. The van der Waals surface area contributed by atoms with Gasteiger partial charge in [-0.3, -0.25) is 4.68 Å². The minimum atomic E-state index is -3.74. The number of hydrogen-bond donors (Lipinski definition) is 2. The van der Waals surface area contributed by atoms with Gasteiger partial charge in [-0.25, -0.2) is 4.39 Å². The van der Waals surface area contributed by atoms with E-state index in [0.717, 1.165) is 6.07 Å². The number of anilines is 1. The number of hydrogen-bond acceptors (Lipinski definition) is 2. The summed E-state index contributed by atoms with van der Waals surface area (Å²) in [5.41, 5.74) is 1.70. The topological polar surface area (TPSA) is 67.2 Å². The van der Waals surface area contributed by atoms with Gasteiger partial charge in [-0.15, -0.1) is 0 Å². The van der Waals surface area contributed by atoms with Crippen LogP contribution in [0.15, 0.2) is 27.6 Å². The quantitative estimate of drug-likeness (QED) is 0.823. The number of rotatable bonds is 3. The monoisotopic (exact) mass is 362 g/mol. The Balaban J connectivity index is 2.43. The lowest BCUT2D eigenvalue weighted by Crippen LogP contribution is -2.22. The zero-order chi connectivity index (χ0) is 15.1. The lowest BCUT2D eigenvalue weighted by molar-refractivity contribution is 0.492. The van der Waals surface area contributed by atoms with E-state index in [2.05, 4.69) is 25.8 Å². The van der Waals surface area contributed by atoms with E-state index in [0.29, 0.717) is 21.5 Å². The molecule has 0 saturated heterocycles. The fourth-order valence-corrected chi connectivity index (χ4v) is 3.41. The fourth-order valence-electron chi connectivity index (χ4n) is 1.81. The molecule has 0 aliphatic rings. The van der Waals surface area contributed by atoms with Gasteiger partial charge >= 0.3 is 10.4 Å². The first kappa shape index (κ1) is 15.1. The summed E-state index contributed by atoms with van der Waals surface area (Å²) >= 11 is 3.11. The van der Waals surface area contributed by atoms with Gasteiger partial charge in [0.15, 0.2) is 5.82 Å². The maximum Gasteiger partial charge on any atom is 0.349 e. The largest absolute Gasteiger partial charge is 0.349 e. The van der Waals surface area contributed by atoms with Gasteiger partial charge in [0.2, 0.25) is 0 Å². The highest BCUT2D eigenvalue weighted by Crippen LogP contribution is 2.28. The van der Waals surface area contributed by atoms with Gasteiger partial charge in [0.25, 0.3) is 4.90 Å². The molecule has 2 rings (SSSR count). The van der Waals surface area contributed by atoms with E-state index in [1.807, 2.05) is 0 Å². The molecule has 0 spiro atoms. The predicted molar refractivity (Wildman–Crippen MR) is 79.4 cm³/mol. The second-order valence-electron chi connectivity index (χ2n) is 4.37. The van der Waals surface area contributed by atoms with Gasteiger partial charge in [0.1, 0.15) is 5.69 Å². The second-order valence-corrected chi connectivity index (χ2v) is 6.98. The average Bonchev–Trinajstić information content (AvgIpc) is 2.55. The molecule has 20 heavy (non-hydrogen) atoms. The van der Waals surface area contributed by atoms with Crippen LogP contribution in [0.5, 0.6) is 0 Å². The highest BCUT2D eigenvalue weighted by molar-refractivity contribution is 9.10. The van der Waals surface area contributed by atoms with E-state index >= 15 is 0 Å². The van der Waals surface area contributed by atoms with E-state index in [-0.39, 0.29) is 4.90 Å². The van der Waals surface area contributed by atoms with Gasteiger partial charge in [-0.05, 0) is 30.2 Å². The summed E-state index contributed by atoms with van der Waals surface area (Å²) in [4.78, 5) is -0.289. The zero-order valence-corrected chi connectivity index (χ0v) is 13.5. The Morgan fingerprint density at radius 1 is 1.45 bits per heavy atom. The molecule has 0 radical (unpaired) electrons. The van der Waals surface area contributed by atoms with Gasteiger partial charge in [-0.2, -0.15) is 14.4 Å². The first-order valence-electron chi connectivity index (χ1n) is 5.72. The molecule has 0 fully saturated rings. The van der Waals surface area contributed by atoms with E-state index in [4.69, 9.17) is 0 Å². The van der Waals surface area contributed by atoms with Crippen molar-refractivity contribution in [3.05, 3.63) is 39.9 Å². The third-order valence-electron chi connectivity index (χ3n) is 2.94. The summed E-state index contributed by atoms with van der Waals surface area (Å²) in [6.07, 6.45) is 0. The van der Waals surface area contributed by atoms with Crippen molar-refractivity contribution in [2.75, 3.05) is 4.72 Å². The molecule has 0 saturated carbocycles. The van der Waals surface area contributed by atoms with Gasteiger partial charge in [0, 0.05) is 17.6 Å². The summed E-state index contributed by atoms with van der Waals surface area (Å²) in [6, 6.07) is 3.94. The molecule has 1 heterocycles. The molecule has 5 nitrogen and oxygen atoms in total. The maximum absolute atomic E-state index is 13.8. The van der Waals surface area contributed by atoms with Crippen molar-refractivity contribution in [1.82, 2.24) is 9.78 Å². The number of nitrogens with one attached hydrogen (secondary N) is 1. The minimum absolute atomic E-state index is 0.289. The van der Waals surface area contributed by atoms with Crippen molar-refractivity contribution in [3.8, 4) is 0 Å². The number of aryl methyl sites for hydroxylation is 2. The molecule has 1 aromatic carbocycles. The van der Waals surface area contributed by atoms with E-state index < -0.39 is 16.2 Å². The highest BCUT2D eigenvalue weighted by Gasteiger charge is 2.35. The number of halogens is 2. The molecule has 2 N–H and O–H groups in total. The summed E-state index contributed by atoms with van der Waals surface area (Å²) in [7, 11) is -2.01. The van der Waals surface area contributed by atoms with Crippen LogP contribution in [0, 0.1) is 19.7 Å². The van der Waals surface area contributed by atoms with Crippen LogP contribution in [0.2, 0.25) is 0 Å². The van der Waals surface area contributed by atoms with Gasteiger partial charge in [-0.1, -0.05) is 15.9 Å². The van der Waals surface area contributed by atoms with Gasteiger partial charge in [0.05, 0.1) is 11.4 Å². The summed E-state index contributed by atoms with van der Waals surface area (Å²) in [5.74, 6) is -0.751. The lowest BCUT2D eigenvalue weighted by atomic mass is 10.3. The maximum atomic E-state index is 13.8. The summed E-state index contributed by atoms with van der Waals surface area (Å²) in [5, 5.41) is 4.14. The SMILES string of the molecule is Cc1nn(C)c(C)c1N[S+](=O)(O)c1ccc(Br)cc1F. The Labute approximate surface area is 125 Å². The third kappa shape index (κ3) is 2.77. The molecule has 108 valence electrons. The van der Waals surface area contributed by atoms with E-state index in [1.165, 1.54) is 12.1 Å². The molecule has 2 aromatic rings. The lowest BCUT2D eigenvalue weighted by Gasteiger charge is -2.08. The Hall–Kier alpha value is -1.25. The molecule has 0 bridgehead atoms. The van der Waals surface area contributed by atoms with Crippen LogP contribution in [0.25, 0.3) is 0 Å². The smallest absolute Gasteiger partial charge is 0.270 e. The molecule has 0 aliphatic carbocycles. The fraction of sp³-hybridized carbons (Fsp3) is 0.250. The zero-order valence-electron chi connectivity index (χ0n) is 11.1. The second kappa shape index (κ2) is 5.27. The van der Waals surface area contributed by atoms with Crippen molar-refractivity contribution >= 4 is 32.0 Å². The average molecular weight is 363 g/mol. The molecule has 8 heteroatoms. The van der Waals surface area contributed by atoms with Crippen LogP contribution in [0.3, 0.4) is 0 Å². The molecule has 0 amide bonds. The van der Waals surface area contributed by atoms with Crippen LogP contribution < -0.4 is 4.72 Å². The molecule has 1 unspecified atom stereocenters. The van der Waals surface area contributed by atoms with Crippen molar-refractivity contribution in [3.63, 3.8) is 0 Å². The van der Waals surface area contributed by atoms with Crippen molar-refractivity contribution in [2.45, 2.75) is 18.7 Å². The van der Waals surface area contributed by atoms with Crippen LogP contribution >= 0.6 is 15.9 Å². The molecule has 1 atom stereocenters. The Morgan fingerprint density at radius 2 is 2.10 bits per heavy atom. The Morgan fingerprint density at radius 3 is 2.60 bits per heavy atom. The molecule has 1 aromatic heterocycles. The Bertz CT molecular complexity index is 717. The molecular weight excluding hydrogens is 349 g/mol. The van der Waals surface area contributed by atoms with Crippen LogP contribution in [-0.4, -0.2) is 14.3 Å². The highest BCUT2D eigenvalue weighted by atomic mass is 79.9. The third-order valence-corrected chi connectivity index (χ3v) is 4.84. The number of nitrogens with zero attached hydrogens (tertiary/aromatic N) is 2. The van der Waals surface area contributed by atoms with Crippen molar-refractivity contribution in [2.24, 2.45) is 7.05 Å². The first-order valence-corrected chi connectivity index (χ1v) is 8.03. The normalized spacial score (nSPS) is 14.1. The number of aromatic nitrogens is 2. The Kier molecular flexibility index (Phi) is 3.99. The van der Waals surface area contributed by atoms with Crippen LogP contribution in [0.1, 0.15) is 11.4 Å². The predicted octanol–water partition coefficient (Wildman–Crippen LogP) is 3.30. The van der Waals surface area contributed by atoms with Crippen LogP contribution in [0.4, 0.5) is 10.1 Å². The van der Waals surface area contributed by atoms with E-state index in [1.54, 1.807) is 25.6 Å². The standard InChI is InChI=1S/C12H13BrFN3O2S/c1-7-12(8(2)17(3)15-7)16-20(18,19)11-5-4-9(13)6-10(11)14/h4-6H,1-3H3,(H-,16,18,19)/p+1. The van der Waals surface area contributed by atoms with Crippen molar-refractivity contribution < 1.29 is 13.2 Å². The molecular formula is C12H14BrFN3O2S+. The summed E-state index contributed by atoms with van der Waals surface area (Å²) < 4.78 is 40.9. The van der Waals surface area contributed by atoms with Gasteiger partial charge < -0.3 is 0 Å². The van der Waals surface area contributed by atoms with Crippen LogP contribution in [-0.2, 0) is 21.7 Å². The van der Waals surface area contributed by atoms with Crippen molar-refractivity contribution in [1.29, 1.82) is 0 Å².